The van der Waals surface area contributed by atoms with E-state index in [1.54, 1.807) is 0 Å². The van der Waals surface area contributed by atoms with Gasteiger partial charge in [-0.25, -0.2) is 0 Å². The van der Waals surface area contributed by atoms with Crippen molar-refractivity contribution in [3.05, 3.63) is 59.8 Å². The van der Waals surface area contributed by atoms with Crippen molar-refractivity contribution in [1.29, 1.82) is 0 Å². The zero-order chi connectivity index (χ0) is 17.9. The zero-order valence-corrected chi connectivity index (χ0v) is 14.8. The molecule has 5 nitrogen and oxygen atoms in total. The Morgan fingerprint density at radius 3 is 2.58 bits per heavy atom. The van der Waals surface area contributed by atoms with Gasteiger partial charge in [-0.15, -0.1) is 0 Å². The lowest BCUT2D eigenvalue weighted by Gasteiger charge is -2.27. The summed E-state index contributed by atoms with van der Waals surface area (Å²) in [4.78, 5) is 17.9. The maximum atomic E-state index is 12.6. The first-order valence-electron chi connectivity index (χ1n) is 8.96. The summed E-state index contributed by atoms with van der Waals surface area (Å²) in [5, 5.41) is 1.20. The minimum Gasteiger partial charge on any atom is -0.494 e. The number of carbonyl (C=O) groups is 1. The van der Waals surface area contributed by atoms with Crippen LogP contribution in [0, 0.1) is 0 Å². The van der Waals surface area contributed by atoms with E-state index in [2.05, 4.69) is 17.1 Å². The molecule has 1 aliphatic rings. The minimum atomic E-state index is 0.00909. The third kappa shape index (κ3) is 3.25. The molecule has 2 heterocycles. The second-order valence-corrected chi connectivity index (χ2v) is 6.39. The smallest absolute Gasteiger partial charge is 0.260 e. The molecule has 0 bridgehead atoms. The average Bonchev–Trinajstić information content (AvgIpc) is 3.05. The van der Waals surface area contributed by atoms with Crippen LogP contribution in [0.4, 0.5) is 0 Å². The van der Waals surface area contributed by atoms with Crippen molar-refractivity contribution in [2.24, 2.45) is 0 Å². The number of rotatable bonds is 5. The van der Waals surface area contributed by atoms with Crippen LogP contribution in [0.3, 0.4) is 0 Å². The number of aromatic nitrogens is 1. The van der Waals surface area contributed by atoms with E-state index in [9.17, 15) is 4.79 Å². The fourth-order valence-corrected chi connectivity index (χ4v) is 3.41. The average molecular weight is 350 g/mol. The van der Waals surface area contributed by atoms with Crippen LogP contribution in [-0.4, -0.2) is 35.5 Å². The molecular weight excluding hydrogens is 328 g/mol. The quantitative estimate of drug-likeness (QED) is 0.766. The van der Waals surface area contributed by atoms with Gasteiger partial charge in [-0.2, -0.15) is 0 Å². The first-order chi connectivity index (χ1) is 12.7. The molecule has 1 N–H and O–H groups in total. The summed E-state index contributed by atoms with van der Waals surface area (Å²) in [7, 11) is 0. The molecule has 26 heavy (non-hydrogen) atoms. The highest BCUT2D eigenvalue weighted by atomic mass is 16.5. The molecule has 0 aliphatic carbocycles. The van der Waals surface area contributed by atoms with Crippen LogP contribution in [0.5, 0.6) is 11.5 Å². The lowest BCUT2D eigenvalue weighted by molar-refractivity contribution is -0.134. The highest BCUT2D eigenvalue weighted by molar-refractivity contribution is 5.86. The molecule has 1 aromatic heterocycles. The summed E-state index contributed by atoms with van der Waals surface area (Å²) >= 11 is 0. The van der Waals surface area contributed by atoms with Gasteiger partial charge in [-0.05, 0) is 37.3 Å². The van der Waals surface area contributed by atoms with E-state index in [1.807, 2.05) is 48.2 Å². The second-order valence-electron chi connectivity index (χ2n) is 6.39. The molecule has 0 unspecified atom stereocenters. The molecular formula is C21H22N2O3. The van der Waals surface area contributed by atoms with E-state index in [4.69, 9.17) is 9.47 Å². The highest BCUT2D eigenvalue weighted by Crippen LogP contribution is 2.27. The topological polar surface area (TPSA) is 54.6 Å². The van der Waals surface area contributed by atoms with Gasteiger partial charge in [-0.3, -0.25) is 4.79 Å². The van der Waals surface area contributed by atoms with Crippen molar-refractivity contribution in [3.63, 3.8) is 0 Å². The van der Waals surface area contributed by atoms with Crippen molar-refractivity contribution < 1.29 is 14.3 Å². The Bertz CT molecular complexity index is 915. The number of benzene rings is 2. The zero-order valence-electron chi connectivity index (χ0n) is 14.8. The third-order valence-electron chi connectivity index (χ3n) is 4.73. The van der Waals surface area contributed by atoms with Gasteiger partial charge >= 0.3 is 0 Å². The van der Waals surface area contributed by atoms with Gasteiger partial charge in [0.05, 0.1) is 6.61 Å². The number of para-hydroxylation sites is 1. The fourth-order valence-electron chi connectivity index (χ4n) is 3.41. The first-order valence-corrected chi connectivity index (χ1v) is 8.96. The summed E-state index contributed by atoms with van der Waals surface area (Å²) in [5.41, 5.74) is 3.60. The van der Waals surface area contributed by atoms with Crippen LogP contribution in [0.25, 0.3) is 10.9 Å². The molecule has 0 radical (unpaired) electrons. The van der Waals surface area contributed by atoms with Crippen molar-refractivity contribution in [2.45, 2.75) is 19.9 Å². The number of nitrogens with one attached hydrogen (secondary N) is 1. The van der Waals surface area contributed by atoms with E-state index in [-0.39, 0.29) is 12.5 Å². The van der Waals surface area contributed by atoms with Crippen LogP contribution in [0.15, 0.2) is 48.5 Å². The monoisotopic (exact) mass is 350 g/mol. The molecule has 1 amide bonds. The molecule has 134 valence electrons. The van der Waals surface area contributed by atoms with Crippen molar-refractivity contribution in [1.82, 2.24) is 9.88 Å². The number of fused-ring (bicyclic) bond motifs is 3. The molecule has 0 fully saturated rings. The number of aromatic amines is 1. The van der Waals surface area contributed by atoms with Gasteiger partial charge in [0.25, 0.3) is 5.91 Å². The molecule has 0 atom stereocenters. The Hall–Kier alpha value is -2.95. The van der Waals surface area contributed by atoms with Crippen LogP contribution in [-0.2, 0) is 17.8 Å². The minimum absolute atomic E-state index is 0.00909. The molecule has 2 aromatic carbocycles. The lowest BCUT2D eigenvalue weighted by atomic mass is 10.0. The second kappa shape index (κ2) is 7.12. The highest BCUT2D eigenvalue weighted by Gasteiger charge is 2.24. The Balaban J connectivity index is 1.40. The predicted molar refractivity (Wildman–Crippen MR) is 101 cm³/mol. The van der Waals surface area contributed by atoms with E-state index in [1.165, 1.54) is 16.6 Å². The van der Waals surface area contributed by atoms with Crippen LogP contribution in [0.1, 0.15) is 18.2 Å². The predicted octanol–water partition coefficient (Wildman–Crippen LogP) is 3.53. The Labute approximate surface area is 152 Å². The van der Waals surface area contributed by atoms with E-state index in [0.717, 1.165) is 17.7 Å². The maximum Gasteiger partial charge on any atom is 0.260 e. The largest absolute Gasteiger partial charge is 0.494 e. The maximum absolute atomic E-state index is 12.6. The standard InChI is InChI=1S/C21H22N2O3/c1-2-25-15-7-9-16(10-8-15)26-14-21(24)23-12-11-20-18(13-23)17-5-3-4-6-19(17)22-20/h3-10,22H,2,11-14H2,1H3. The third-order valence-corrected chi connectivity index (χ3v) is 4.73. The van der Waals surface area contributed by atoms with Gasteiger partial charge in [0.15, 0.2) is 6.61 Å². The van der Waals surface area contributed by atoms with E-state index >= 15 is 0 Å². The fraction of sp³-hybridized carbons (Fsp3) is 0.286. The van der Waals surface area contributed by atoms with Gasteiger partial charge in [0.2, 0.25) is 0 Å². The summed E-state index contributed by atoms with van der Waals surface area (Å²) in [6.07, 6.45) is 0.846. The first kappa shape index (κ1) is 16.5. The number of hydrogen-bond donors (Lipinski definition) is 1. The normalized spacial score (nSPS) is 13.5. The molecule has 4 rings (SSSR count). The van der Waals surface area contributed by atoms with Gasteiger partial charge < -0.3 is 19.4 Å². The van der Waals surface area contributed by atoms with Crippen LogP contribution < -0.4 is 9.47 Å². The number of nitrogens with zero attached hydrogens (tertiary/aromatic N) is 1. The summed E-state index contributed by atoms with van der Waals surface area (Å²) in [6, 6.07) is 15.6. The van der Waals surface area contributed by atoms with Crippen molar-refractivity contribution in [3.8, 4) is 11.5 Å². The Morgan fingerprint density at radius 1 is 1.08 bits per heavy atom. The SMILES string of the molecule is CCOc1ccc(OCC(=O)N2CCc3[nH]c4ccccc4c3C2)cc1. The number of H-pyrrole nitrogens is 1. The van der Waals surface area contributed by atoms with Gasteiger partial charge in [-0.1, -0.05) is 18.2 Å². The lowest BCUT2D eigenvalue weighted by Crippen LogP contribution is -2.38. The van der Waals surface area contributed by atoms with E-state index in [0.29, 0.717) is 25.4 Å². The molecule has 0 saturated heterocycles. The number of ether oxygens (including phenoxy) is 2. The van der Waals surface area contributed by atoms with E-state index < -0.39 is 0 Å². The molecule has 5 heteroatoms. The van der Waals surface area contributed by atoms with Gasteiger partial charge in [0, 0.05) is 41.7 Å². The van der Waals surface area contributed by atoms with Crippen LogP contribution >= 0.6 is 0 Å². The van der Waals surface area contributed by atoms with Crippen LogP contribution in [0.2, 0.25) is 0 Å². The van der Waals surface area contributed by atoms with Crippen molar-refractivity contribution >= 4 is 16.8 Å². The molecule has 0 saturated carbocycles. The summed E-state index contributed by atoms with van der Waals surface area (Å²) < 4.78 is 11.1. The Morgan fingerprint density at radius 2 is 1.81 bits per heavy atom. The molecule has 1 aliphatic heterocycles. The molecule has 0 spiro atoms. The molecule has 3 aromatic rings. The number of amides is 1. The summed E-state index contributed by atoms with van der Waals surface area (Å²) in [5.74, 6) is 1.48. The van der Waals surface area contributed by atoms with Crippen molar-refractivity contribution in [2.75, 3.05) is 19.8 Å². The van der Waals surface area contributed by atoms with Gasteiger partial charge in [0.1, 0.15) is 11.5 Å². The Kier molecular flexibility index (Phi) is 4.52. The summed E-state index contributed by atoms with van der Waals surface area (Å²) in [6.45, 7) is 3.96. The number of hydrogen-bond acceptors (Lipinski definition) is 3. The number of carbonyl (C=O) groups excluding carboxylic acids is 1.